The number of amides is 1. The number of nitrogens with one attached hydrogen (secondary N) is 1. The maximum absolute atomic E-state index is 11.6. The van der Waals surface area contributed by atoms with E-state index in [2.05, 4.69) is 10.3 Å². The molecule has 1 rings (SSSR count). The van der Waals surface area contributed by atoms with Crippen LogP contribution in [0, 0.1) is 6.92 Å². The molecule has 0 bridgehead atoms. The normalized spacial score (nSPS) is 10.0. The first-order valence-corrected chi connectivity index (χ1v) is 5.06. The van der Waals surface area contributed by atoms with Crippen LogP contribution in [-0.4, -0.2) is 29.1 Å². The van der Waals surface area contributed by atoms with Gasteiger partial charge in [-0.25, -0.2) is 0 Å². The number of aromatic nitrogens is 1. The summed E-state index contributed by atoms with van der Waals surface area (Å²) in [5.41, 5.74) is 1.46. The van der Waals surface area contributed by atoms with Gasteiger partial charge in [0.2, 0.25) is 0 Å². The first-order valence-electron chi connectivity index (χ1n) is 5.06. The minimum absolute atomic E-state index is 0.0848. The van der Waals surface area contributed by atoms with E-state index in [1.54, 1.807) is 18.3 Å². The van der Waals surface area contributed by atoms with Gasteiger partial charge in [0.15, 0.2) is 0 Å². The zero-order chi connectivity index (χ0) is 11.1. The average molecular weight is 208 g/mol. The van der Waals surface area contributed by atoms with Gasteiger partial charge in [0, 0.05) is 30.6 Å². The Hall–Kier alpha value is -1.42. The third-order valence-corrected chi connectivity index (χ3v) is 2.03. The molecule has 82 valence electrons. The first kappa shape index (κ1) is 11.7. The predicted molar refractivity (Wildman–Crippen MR) is 57.6 cm³/mol. The van der Waals surface area contributed by atoms with Gasteiger partial charge in [0.1, 0.15) is 0 Å². The van der Waals surface area contributed by atoms with Crippen molar-refractivity contribution in [1.82, 2.24) is 10.3 Å². The van der Waals surface area contributed by atoms with Gasteiger partial charge in [0.05, 0.1) is 0 Å². The Morgan fingerprint density at radius 3 is 3.00 bits per heavy atom. The largest absolute Gasteiger partial charge is 0.396 e. The number of carbonyl (C=O) groups is 1. The molecule has 0 atom stereocenters. The lowest BCUT2D eigenvalue weighted by Gasteiger charge is -2.04. The number of aliphatic hydroxyl groups excluding tert-OH is 1. The molecule has 0 saturated carbocycles. The zero-order valence-electron chi connectivity index (χ0n) is 8.86. The molecule has 0 radical (unpaired) electrons. The lowest BCUT2D eigenvalue weighted by molar-refractivity contribution is 0.0952. The van der Waals surface area contributed by atoms with Gasteiger partial charge in [-0.05, 0) is 31.9 Å². The smallest absolute Gasteiger partial charge is 0.251 e. The third-order valence-electron chi connectivity index (χ3n) is 2.03. The van der Waals surface area contributed by atoms with E-state index in [9.17, 15) is 4.79 Å². The van der Waals surface area contributed by atoms with Crippen LogP contribution in [0.3, 0.4) is 0 Å². The van der Waals surface area contributed by atoms with Crippen molar-refractivity contribution in [2.45, 2.75) is 19.8 Å². The van der Waals surface area contributed by atoms with Crippen molar-refractivity contribution in [3.05, 3.63) is 29.6 Å². The number of pyridine rings is 1. The van der Waals surface area contributed by atoms with Crippen molar-refractivity contribution in [2.75, 3.05) is 13.2 Å². The molecule has 4 heteroatoms. The zero-order valence-corrected chi connectivity index (χ0v) is 8.86. The van der Waals surface area contributed by atoms with Crippen LogP contribution in [0.25, 0.3) is 0 Å². The summed E-state index contributed by atoms with van der Waals surface area (Å²) >= 11 is 0. The molecule has 1 aromatic heterocycles. The summed E-state index contributed by atoms with van der Waals surface area (Å²) in [5.74, 6) is -0.0848. The van der Waals surface area contributed by atoms with Crippen molar-refractivity contribution in [3.8, 4) is 0 Å². The fraction of sp³-hybridized carbons (Fsp3) is 0.455. The van der Waals surface area contributed by atoms with Crippen LogP contribution < -0.4 is 5.32 Å². The van der Waals surface area contributed by atoms with Crippen LogP contribution >= 0.6 is 0 Å². The molecule has 0 saturated heterocycles. The Morgan fingerprint density at radius 1 is 1.53 bits per heavy atom. The second-order valence-electron chi connectivity index (χ2n) is 3.37. The number of hydrogen-bond acceptors (Lipinski definition) is 3. The van der Waals surface area contributed by atoms with Gasteiger partial charge < -0.3 is 10.4 Å². The monoisotopic (exact) mass is 208 g/mol. The van der Waals surface area contributed by atoms with Gasteiger partial charge in [-0.3, -0.25) is 9.78 Å². The lowest BCUT2D eigenvalue weighted by Crippen LogP contribution is -2.24. The number of nitrogens with zero attached hydrogens (tertiary/aromatic N) is 1. The molecule has 0 aliphatic carbocycles. The number of rotatable bonds is 5. The number of hydrogen-bond donors (Lipinski definition) is 2. The van der Waals surface area contributed by atoms with E-state index in [0.717, 1.165) is 18.5 Å². The summed E-state index contributed by atoms with van der Waals surface area (Å²) in [6.07, 6.45) is 3.14. The number of carbonyl (C=O) groups excluding carboxylic acids is 1. The average Bonchev–Trinajstić information content (AvgIpc) is 2.24. The molecule has 0 unspecified atom stereocenters. The minimum atomic E-state index is -0.0848. The Kier molecular flexibility index (Phi) is 4.77. The highest BCUT2D eigenvalue weighted by molar-refractivity contribution is 5.94. The van der Waals surface area contributed by atoms with Gasteiger partial charge in [-0.2, -0.15) is 0 Å². The van der Waals surface area contributed by atoms with E-state index in [-0.39, 0.29) is 12.5 Å². The quantitative estimate of drug-likeness (QED) is 0.706. The summed E-state index contributed by atoms with van der Waals surface area (Å²) in [6.45, 7) is 2.62. The van der Waals surface area contributed by atoms with Crippen molar-refractivity contribution in [3.63, 3.8) is 0 Å². The molecule has 0 aromatic carbocycles. The Bertz CT molecular complexity index is 326. The SMILES string of the molecule is Cc1cc(C(=O)NCCCCO)ccn1. The highest BCUT2D eigenvalue weighted by Gasteiger charge is 2.04. The summed E-state index contributed by atoms with van der Waals surface area (Å²) in [6, 6.07) is 3.44. The molecule has 1 amide bonds. The molecular weight excluding hydrogens is 192 g/mol. The second-order valence-corrected chi connectivity index (χ2v) is 3.37. The molecule has 0 aliphatic rings. The van der Waals surface area contributed by atoms with Gasteiger partial charge in [-0.15, -0.1) is 0 Å². The molecule has 15 heavy (non-hydrogen) atoms. The number of aliphatic hydroxyl groups is 1. The van der Waals surface area contributed by atoms with Gasteiger partial charge in [0.25, 0.3) is 5.91 Å². The standard InChI is InChI=1S/C11H16N2O2/c1-9-8-10(4-6-12-9)11(15)13-5-2-3-7-14/h4,6,8,14H,2-3,5,7H2,1H3,(H,13,15). The lowest BCUT2D eigenvalue weighted by atomic mass is 10.2. The van der Waals surface area contributed by atoms with E-state index in [0.29, 0.717) is 12.1 Å². The van der Waals surface area contributed by atoms with Crippen molar-refractivity contribution in [1.29, 1.82) is 0 Å². The Balaban J connectivity index is 2.40. The van der Waals surface area contributed by atoms with E-state index < -0.39 is 0 Å². The summed E-state index contributed by atoms with van der Waals surface area (Å²) in [7, 11) is 0. The van der Waals surface area contributed by atoms with E-state index in [4.69, 9.17) is 5.11 Å². The summed E-state index contributed by atoms with van der Waals surface area (Å²) in [5, 5.41) is 11.3. The fourth-order valence-electron chi connectivity index (χ4n) is 1.23. The maximum atomic E-state index is 11.6. The van der Waals surface area contributed by atoms with E-state index in [1.165, 1.54) is 0 Å². The third kappa shape index (κ3) is 4.08. The molecule has 0 fully saturated rings. The van der Waals surface area contributed by atoms with Crippen LogP contribution in [0.2, 0.25) is 0 Å². The molecular formula is C11H16N2O2. The number of unbranched alkanes of at least 4 members (excludes halogenated alkanes) is 1. The van der Waals surface area contributed by atoms with Gasteiger partial charge >= 0.3 is 0 Å². The van der Waals surface area contributed by atoms with Crippen molar-refractivity contribution in [2.24, 2.45) is 0 Å². The topological polar surface area (TPSA) is 62.2 Å². The molecule has 1 aromatic rings. The maximum Gasteiger partial charge on any atom is 0.251 e. The van der Waals surface area contributed by atoms with Crippen LogP contribution in [-0.2, 0) is 0 Å². The molecule has 2 N–H and O–H groups in total. The van der Waals surface area contributed by atoms with Crippen LogP contribution in [0.15, 0.2) is 18.3 Å². The van der Waals surface area contributed by atoms with Crippen molar-refractivity contribution >= 4 is 5.91 Å². The van der Waals surface area contributed by atoms with Gasteiger partial charge in [-0.1, -0.05) is 0 Å². The Morgan fingerprint density at radius 2 is 2.33 bits per heavy atom. The highest BCUT2D eigenvalue weighted by Crippen LogP contribution is 2.00. The molecule has 4 nitrogen and oxygen atoms in total. The van der Waals surface area contributed by atoms with E-state index in [1.807, 2.05) is 6.92 Å². The minimum Gasteiger partial charge on any atom is -0.396 e. The summed E-state index contributed by atoms with van der Waals surface area (Å²) in [4.78, 5) is 15.6. The molecule has 0 aliphatic heterocycles. The Labute approximate surface area is 89.3 Å². The summed E-state index contributed by atoms with van der Waals surface area (Å²) < 4.78 is 0. The first-order chi connectivity index (χ1) is 7.24. The van der Waals surface area contributed by atoms with Crippen LogP contribution in [0.4, 0.5) is 0 Å². The molecule has 1 heterocycles. The predicted octanol–water partition coefficient (Wildman–Crippen LogP) is 0.892. The fourth-order valence-corrected chi connectivity index (χ4v) is 1.23. The van der Waals surface area contributed by atoms with Crippen LogP contribution in [0.5, 0.6) is 0 Å². The van der Waals surface area contributed by atoms with Crippen molar-refractivity contribution < 1.29 is 9.90 Å². The van der Waals surface area contributed by atoms with Crippen LogP contribution in [0.1, 0.15) is 28.9 Å². The van der Waals surface area contributed by atoms with E-state index >= 15 is 0 Å². The number of aryl methyl sites for hydroxylation is 1. The highest BCUT2D eigenvalue weighted by atomic mass is 16.2. The second kappa shape index (κ2) is 6.14. The molecule has 0 spiro atoms.